The predicted molar refractivity (Wildman–Crippen MR) is 93.6 cm³/mol. The van der Waals surface area contributed by atoms with E-state index in [-0.39, 0.29) is 17.2 Å². The maximum Gasteiger partial charge on any atom is 0.410 e. The summed E-state index contributed by atoms with van der Waals surface area (Å²) in [5, 5.41) is 0.166. The van der Waals surface area contributed by atoms with Gasteiger partial charge in [-0.3, -0.25) is 4.90 Å². The molecule has 1 heterocycles. The minimum atomic E-state index is -1.81. The van der Waals surface area contributed by atoms with Crippen LogP contribution in [0.25, 0.3) is 0 Å². The molecular weight excluding hydrogens is 294 g/mol. The highest BCUT2D eigenvalue weighted by Gasteiger charge is 2.40. The first-order valence-corrected chi connectivity index (χ1v) is 10.9. The normalized spacial score (nSPS) is 20.5. The Kier molecular flexibility index (Phi) is 5.56. The van der Waals surface area contributed by atoms with Crippen LogP contribution in [0.3, 0.4) is 0 Å². The average molecular weight is 328 g/mol. The molecule has 5 heteroatoms. The van der Waals surface area contributed by atoms with Gasteiger partial charge in [-0.2, -0.15) is 0 Å². The van der Waals surface area contributed by atoms with Crippen molar-refractivity contribution in [3.8, 4) is 0 Å². The fourth-order valence-corrected chi connectivity index (χ4v) is 3.12. The van der Waals surface area contributed by atoms with Crippen LogP contribution in [0.15, 0.2) is 12.2 Å². The van der Waals surface area contributed by atoms with E-state index in [0.717, 1.165) is 12.0 Å². The van der Waals surface area contributed by atoms with Gasteiger partial charge < -0.3 is 9.16 Å². The van der Waals surface area contributed by atoms with Crippen molar-refractivity contribution in [2.75, 3.05) is 13.2 Å². The van der Waals surface area contributed by atoms with Crippen LogP contribution in [-0.2, 0) is 9.16 Å². The zero-order valence-corrected chi connectivity index (χ0v) is 16.6. The van der Waals surface area contributed by atoms with Crippen molar-refractivity contribution < 1.29 is 14.0 Å². The summed E-state index contributed by atoms with van der Waals surface area (Å²) < 4.78 is 11.8. The molecule has 0 radical (unpaired) electrons. The summed E-state index contributed by atoms with van der Waals surface area (Å²) in [5.41, 5.74) is 0.584. The molecule has 1 saturated heterocycles. The topological polar surface area (TPSA) is 38.8 Å². The lowest BCUT2D eigenvalue weighted by Crippen LogP contribution is -2.46. The standard InChI is InChI=1S/C17H33NO3Si/c1-13-10-14(12-20-22(8,9)17(5,6)7)18(11-13)15(19)21-16(2,3)4/h14H,1,10-12H2,2-9H3/t14-/m0/s1. The van der Waals surface area contributed by atoms with Crippen LogP contribution < -0.4 is 0 Å². The highest BCUT2D eigenvalue weighted by molar-refractivity contribution is 6.74. The first-order valence-electron chi connectivity index (χ1n) is 8.03. The maximum atomic E-state index is 12.4. The summed E-state index contributed by atoms with van der Waals surface area (Å²) in [6, 6.07) is 0.0384. The van der Waals surface area contributed by atoms with E-state index in [0.29, 0.717) is 13.2 Å². The number of carbonyl (C=O) groups is 1. The van der Waals surface area contributed by atoms with E-state index >= 15 is 0 Å². The predicted octanol–water partition coefficient (Wildman–Crippen LogP) is 4.57. The monoisotopic (exact) mass is 327 g/mol. The highest BCUT2D eigenvalue weighted by Crippen LogP contribution is 2.37. The van der Waals surface area contributed by atoms with E-state index in [1.807, 2.05) is 20.8 Å². The third-order valence-corrected chi connectivity index (χ3v) is 8.93. The van der Waals surface area contributed by atoms with Crippen LogP contribution in [0.5, 0.6) is 0 Å². The van der Waals surface area contributed by atoms with Gasteiger partial charge in [-0.25, -0.2) is 4.79 Å². The van der Waals surface area contributed by atoms with E-state index in [4.69, 9.17) is 9.16 Å². The van der Waals surface area contributed by atoms with Gasteiger partial charge in [0, 0.05) is 6.54 Å². The first kappa shape index (κ1) is 19.2. The van der Waals surface area contributed by atoms with E-state index < -0.39 is 13.9 Å². The Morgan fingerprint density at radius 3 is 2.27 bits per heavy atom. The van der Waals surface area contributed by atoms with Gasteiger partial charge in [0.05, 0.1) is 12.6 Å². The third kappa shape index (κ3) is 5.13. The lowest BCUT2D eigenvalue weighted by molar-refractivity contribution is 0.0184. The van der Waals surface area contributed by atoms with E-state index in [1.165, 1.54) is 0 Å². The molecule has 22 heavy (non-hydrogen) atoms. The van der Waals surface area contributed by atoms with Crippen molar-refractivity contribution >= 4 is 14.4 Å². The molecule has 0 aliphatic carbocycles. The van der Waals surface area contributed by atoms with Crippen LogP contribution in [0.2, 0.25) is 18.1 Å². The van der Waals surface area contributed by atoms with Crippen molar-refractivity contribution in [2.24, 2.45) is 0 Å². The van der Waals surface area contributed by atoms with Crippen LogP contribution in [-0.4, -0.2) is 44.1 Å². The number of nitrogens with zero attached hydrogens (tertiary/aromatic N) is 1. The molecule has 4 nitrogen and oxygen atoms in total. The molecule has 0 aromatic heterocycles. The molecule has 1 aliphatic heterocycles. The molecule has 0 bridgehead atoms. The number of carbonyl (C=O) groups excluding carboxylic acids is 1. The third-order valence-electron chi connectivity index (χ3n) is 4.43. The van der Waals surface area contributed by atoms with Crippen molar-refractivity contribution in [3.05, 3.63) is 12.2 Å². The molecular formula is C17H33NO3Si. The summed E-state index contributed by atoms with van der Waals surface area (Å²) in [7, 11) is -1.81. The smallest absolute Gasteiger partial charge is 0.410 e. The number of hydrogen-bond acceptors (Lipinski definition) is 3. The molecule has 0 aromatic rings. The van der Waals surface area contributed by atoms with E-state index in [1.54, 1.807) is 4.90 Å². The second-order valence-electron chi connectivity index (χ2n) is 8.79. The first-order chi connectivity index (χ1) is 9.73. The highest BCUT2D eigenvalue weighted by atomic mass is 28.4. The molecule has 1 rings (SSSR count). The van der Waals surface area contributed by atoms with Gasteiger partial charge in [0.2, 0.25) is 0 Å². The van der Waals surface area contributed by atoms with Gasteiger partial charge in [0.15, 0.2) is 8.32 Å². The molecule has 0 aromatic carbocycles. The lowest BCUT2D eigenvalue weighted by Gasteiger charge is -2.38. The van der Waals surface area contributed by atoms with Crippen molar-refractivity contribution in [1.29, 1.82) is 0 Å². The van der Waals surface area contributed by atoms with E-state index in [2.05, 4.69) is 40.4 Å². The fraction of sp³-hybridized carbons (Fsp3) is 0.824. The number of hydrogen-bond donors (Lipinski definition) is 0. The Hall–Kier alpha value is -0.813. The summed E-state index contributed by atoms with van der Waals surface area (Å²) in [6.45, 7) is 21.9. The Balaban J connectivity index is 2.72. The summed E-state index contributed by atoms with van der Waals surface area (Å²) >= 11 is 0. The molecule has 1 fully saturated rings. The zero-order valence-electron chi connectivity index (χ0n) is 15.6. The Morgan fingerprint density at radius 2 is 1.82 bits per heavy atom. The average Bonchev–Trinajstić information content (AvgIpc) is 2.64. The minimum Gasteiger partial charge on any atom is -0.444 e. The quantitative estimate of drug-likeness (QED) is 0.563. The molecule has 1 amide bonds. The number of amides is 1. The van der Waals surface area contributed by atoms with Crippen LogP contribution in [0.1, 0.15) is 48.0 Å². The SMILES string of the molecule is C=C1C[C@@H](CO[Si](C)(C)C(C)(C)C)N(C(=O)OC(C)(C)C)C1. The minimum absolute atomic E-state index is 0.0384. The maximum absolute atomic E-state index is 12.4. The van der Waals surface area contributed by atoms with Crippen LogP contribution in [0.4, 0.5) is 4.79 Å². The zero-order chi connectivity index (χ0) is 17.3. The Bertz CT molecular complexity index is 432. The fourth-order valence-electron chi connectivity index (χ4n) is 2.08. The Morgan fingerprint density at radius 1 is 1.27 bits per heavy atom. The van der Waals surface area contributed by atoms with Crippen LogP contribution >= 0.6 is 0 Å². The second kappa shape index (κ2) is 6.36. The lowest BCUT2D eigenvalue weighted by atomic mass is 10.2. The number of likely N-dealkylation sites (tertiary alicyclic amines) is 1. The van der Waals surface area contributed by atoms with Crippen LogP contribution in [0, 0.1) is 0 Å². The molecule has 1 atom stereocenters. The molecule has 0 spiro atoms. The Labute approximate surface area is 137 Å². The van der Waals surface area contributed by atoms with Gasteiger partial charge in [0.1, 0.15) is 5.60 Å². The summed E-state index contributed by atoms with van der Waals surface area (Å²) in [4.78, 5) is 14.1. The van der Waals surface area contributed by atoms with Gasteiger partial charge in [0.25, 0.3) is 0 Å². The molecule has 0 N–H and O–H groups in total. The van der Waals surface area contributed by atoms with Crippen molar-refractivity contribution in [1.82, 2.24) is 4.90 Å². The van der Waals surface area contributed by atoms with Gasteiger partial charge >= 0.3 is 6.09 Å². The summed E-state index contributed by atoms with van der Waals surface area (Å²) in [6.07, 6.45) is 0.531. The number of ether oxygens (including phenoxy) is 1. The van der Waals surface area contributed by atoms with Gasteiger partial charge in [-0.05, 0) is 45.3 Å². The molecule has 0 saturated carbocycles. The number of rotatable bonds is 3. The van der Waals surface area contributed by atoms with E-state index in [9.17, 15) is 4.79 Å². The largest absolute Gasteiger partial charge is 0.444 e. The van der Waals surface area contributed by atoms with Crippen molar-refractivity contribution in [2.45, 2.75) is 77.7 Å². The van der Waals surface area contributed by atoms with Gasteiger partial charge in [-0.15, -0.1) is 0 Å². The summed E-state index contributed by atoms with van der Waals surface area (Å²) in [5.74, 6) is 0. The molecule has 0 unspecified atom stereocenters. The van der Waals surface area contributed by atoms with Gasteiger partial charge in [-0.1, -0.05) is 32.9 Å². The molecule has 1 aliphatic rings. The second-order valence-corrected chi connectivity index (χ2v) is 13.6. The molecule has 128 valence electrons. The van der Waals surface area contributed by atoms with Crippen molar-refractivity contribution in [3.63, 3.8) is 0 Å².